The van der Waals surface area contributed by atoms with Crippen LogP contribution in [-0.2, 0) is 4.79 Å². The van der Waals surface area contributed by atoms with Crippen molar-refractivity contribution in [2.75, 3.05) is 31.5 Å². The Kier molecular flexibility index (Phi) is 7.33. The van der Waals surface area contributed by atoms with Gasteiger partial charge in [-0.05, 0) is 57.9 Å². The maximum absolute atomic E-state index is 12.9. The molecule has 0 radical (unpaired) electrons. The zero-order valence-corrected chi connectivity index (χ0v) is 18.1. The van der Waals surface area contributed by atoms with E-state index in [9.17, 15) is 9.59 Å². The molecule has 0 unspecified atom stereocenters. The fourth-order valence-corrected chi connectivity index (χ4v) is 3.65. The van der Waals surface area contributed by atoms with E-state index >= 15 is 0 Å². The van der Waals surface area contributed by atoms with E-state index in [1.54, 1.807) is 0 Å². The first kappa shape index (κ1) is 21.7. The van der Waals surface area contributed by atoms with Gasteiger partial charge in [0.05, 0.1) is 5.69 Å². The van der Waals surface area contributed by atoms with E-state index in [-0.39, 0.29) is 17.9 Å². The summed E-state index contributed by atoms with van der Waals surface area (Å²) in [6.07, 6.45) is 1.33. The molecule has 0 aromatic heterocycles. The van der Waals surface area contributed by atoms with Crippen LogP contribution in [0, 0.1) is 12.8 Å². The number of carbonyl (C=O) groups excluding carboxylic acids is 2. The molecule has 0 atom stereocenters. The third-order valence-electron chi connectivity index (χ3n) is 5.56. The number of anilines is 1. The molecule has 0 spiro atoms. The number of piperidine rings is 1. The molecule has 3 amide bonds. The van der Waals surface area contributed by atoms with Crippen LogP contribution < -0.4 is 10.1 Å². The van der Waals surface area contributed by atoms with Crippen LogP contribution >= 0.6 is 0 Å². The molecule has 0 saturated carbocycles. The van der Waals surface area contributed by atoms with Gasteiger partial charge in [0.15, 0.2) is 5.75 Å². The molecule has 3 rings (SSSR count). The lowest BCUT2D eigenvalue weighted by atomic mass is 9.96. The number of likely N-dealkylation sites (tertiary alicyclic amines) is 1. The van der Waals surface area contributed by atoms with E-state index in [4.69, 9.17) is 4.74 Å². The van der Waals surface area contributed by atoms with Crippen LogP contribution in [0.4, 0.5) is 10.5 Å². The Balaban J connectivity index is 1.59. The van der Waals surface area contributed by atoms with Crippen LogP contribution in [0.3, 0.4) is 0 Å². The molecule has 1 N–H and O–H groups in total. The number of ether oxygens (including phenoxy) is 1. The highest BCUT2D eigenvalue weighted by atomic mass is 16.5. The van der Waals surface area contributed by atoms with Crippen molar-refractivity contribution in [3.05, 3.63) is 54.1 Å². The zero-order chi connectivity index (χ0) is 21.5. The minimum Gasteiger partial charge on any atom is -0.455 e. The normalized spacial score (nSPS) is 14.3. The number of hydrogen-bond acceptors (Lipinski definition) is 3. The number of para-hydroxylation sites is 2. The maximum atomic E-state index is 12.9. The molecule has 1 aliphatic heterocycles. The topological polar surface area (TPSA) is 61.9 Å². The minimum absolute atomic E-state index is 0.0232. The predicted octanol–water partition coefficient (Wildman–Crippen LogP) is 4.90. The van der Waals surface area contributed by atoms with Crippen molar-refractivity contribution in [1.82, 2.24) is 9.80 Å². The second-order valence-electron chi connectivity index (χ2n) is 7.62. The largest absolute Gasteiger partial charge is 0.455 e. The Morgan fingerprint density at radius 1 is 1.03 bits per heavy atom. The van der Waals surface area contributed by atoms with Gasteiger partial charge in [-0.3, -0.25) is 4.79 Å². The van der Waals surface area contributed by atoms with Gasteiger partial charge < -0.3 is 19.9 Å². The van der Waals surface area contributed by atoms with Crippen LogP contribution in [0.15, 0.2) is 48.5 Å². The second-order valence-corrected chi connectivity index (χ2v) is 7.62. The number of amides is 3. The summed E-state index contributed by atoms with van der Waals surface area (Å²) in [6.45, 7) is 8.61. The molecule has 1 aliphatic rings. The molecular formula is C24H31N3O3. The average Bonchev–Trinajstić information content (AvgIpc) is 2.77. The van der Waals surface area contributed by atoms with E-state index in [1.807, 2.05) is 79.1 Å². The van der Waals surface area contributed by atoms with E-state index in [0.717, 1.165) is 11.3 Å². The molecule has 30 heavy (non-hydrogen) atoms. The van der Waals surface area contributed by atoms with Crippen LogP contribution in [0.5, 0.6) is 11.5 Å². The molecule has 0 bridgehead atoms. The molecule has 160 valence electrons. The SMILES string of the molecule is CCN(CC)C(=O)N1CCC(C(=O)Nc2ccccc2Oc2ccc(C)cc2)CC1. The number of rotatable bonds is 6. The van der Waals surface area contributed by atoms with E-state index in [1.165, 1.54) is 0 Å². The van der Waals surface area contributed by atoms with Gasteiger partial charge in [0.25, 0.3) is 0 Å². The Morgan fingerprint density at radius 2 is 1.67 bits per heavy atom. The van der Waals surface area contributed by atoms with Crippen molar-refractivity contribution in [2.45, 2.75) is 33.6 Å². The lowest BCUT2D eigenvalue weighted by Crippen LogP contribution is -2.47. The van der Waals surface area contributed by atoms with Crippen molar-refractivity contribution in [1.29, 1.82) is 0 Å². The van der Waals surface area contributed by atoms with Crippen molar-refractivity contribution >= 4 is 17.6 Å². The Morgan fingerprint density at radius 3 is 2.30 bits per heavy atom. The summed E-state index contributed by atoms with van der Waals surface area (Å²) in [5, 5.41) is 3.02. The smallest absolute Gasteiger partial charge is 0.319 e. The second kappa shape index (κ2) is 10.1. The van der Waals surface area contributed by atoms with Gasteiger partial charge in [0, 0.05) is 32.1 Å². The number of nitrogens with one attached hydrogen (secondary N) is 1. The summed E-state index contributed by atoms with van der Waals surface area (Å²) in [6, 6.07) is 15.3. The Bertz CT molecular complexity index is 854. The van der Waals surface area contributed by atoms with Gasteiger partial charge in [-0.15, -0.1) is 0 Å². The lowest BCUT2D eigenvalue weighted by molar-refractivity contribution is -0.121. The highest BCUT2D eigenvalue weighted by Gasteiger charge is 2.29. The Hall–Kier alpha value is -3.02. The van der Waals surface area contributed by atoms with Crippen LogP contribution in [0.25, 0.3) is 0 Å². The molecule has 0 aliphatic carbocycles. The number of hydrogen-bond donors (Lipinski definition) is 1. The minimum atomic E-state index is -0.113. The van der Waals surface area contributed by atoms with E-state index < -0.39 is 0 Å². The number of carbonyl (C=O) groups is 2. The summed E-state index contributed by atoms with van der Waals surface area (Å²) in [5.74, 6) is 1.21. The van der Waals surface area contributed by atoms with Crippen molar-refractivity contribution in [2.24, 2.45) is 5.92 Å². The van der Waals surface area contributed by atoms with Crippen molar-refractivity contribution in [3.8, 4) is 11.5 Å². The standard InChI is InChI=1S/C24H31N3O3/c1-4-26(5-2)24(29)27-16-14-19(15-17-27)23(28)25-21-8-6-7-9-22(21)30-20-12-10-18(3)11-13-20/h6-13,19H,4-5,14-17H2,1-3H3,(H,25,28). The third kappa shape index (κ3) is 5.32. The zero-order valence-electron chi connectivity index (χ0n) is 18.1. The Labute approximate surface area is 178 Å². The van der Waals surface area contributed by atoms with E-state index in [0.29, 0.717) is 50.5 Å². The molecule has 1 heterocycles. The first-order valence-electron chi connectivity index (χ1n) is 10.7. The fraction of sp³-hybridized carbons (Fsp3) is 0.417. The molecule has 1 fully saturated rings. The van der Waals surface area contributed by atoms with Gasteiger partial charge in [0.1, 0.15) is 5.75 Å². The highest BCUT2D eigenvalue weighted by Crippen LogP contribution is 2.30. The fourth-order valence-electron chi connectivity index (χ4n) is 3.65. The third-order valence-corrected chi connectivity index (χ3v) is 5.56. The first-order valence-corrected chi connectivity index (χ1v) is 10.7. The molecule has 6 heteroatoms. The van der Waals surface area contributed by atoms with Gasteiger partial charge in [-0.25, -0.2) is 4.79 Å². The average molecular weight is 410 g/mol. The molecule has 6 nitrogen and oxygen atoms in total. The van der Waals surface area contributed by atoms with Gasteiger partial charge >= 0.3 is 6.03 Å². The number of nitrogens with zero attached hydrogens (tertiary/aromatic N) is 2. The highest BCUT2D eigenvalue weighted by molar-refractivity contribution is 5.94. The molecule has 1 saturated heterocycles. The summed E-state index contributed by atoms with van der Waals surface area (Å²) < 4.78 is 5.98. The summed E-state index contributed by atoms with van der Waals surface area (Å²) >= 11 is 0. The maximum Gasteiger partial charge on any atom is 0.319 e. The van der Waals surface area contributed by atoms with Gasteiger partial charge in [0.2, 0.25) is 5.91 Å². The molecular weight excluding hydrogens is 378 g/mol. The summed E-state index contributed by atoms with van der Waals surface area (Å²) in [5.41, 5.74) is 1.82. The van der Waals surface area contributed by atoms with Gasteiger partial charge in [-0.1, -0.05) is 29.8 Å². The first-order chi connectivity index (χ1) is 14.5. The monoisotopic (exact) mass is 409 g/mol. The predicted molar refractivity (Wildman–Crippen MR) is 119 cm³/mol. The van der Waals surface area contributed by atoms with Gasteiger partial charge in [-0.2, -0.15) is 0 Å². The van der Waals surface area contributed by atoms with Crippen molar-refractivity contribution in [3.63, 3.8) is 0 Å². The summed E-state index contributed by atoms with van der Waals surface area (Å²) in [4.78, 5) is 29.0. The number of aryl methyl sites for hydroxylation is 1. The van der Waals surface area contributed by atoms with Crippen LogP contribution in [0.1, 0.15) is 32.3 Å². The quantitative estimate of drug-likeness (QED) is 0.738. The lowest BCUT2D eigenvalue weighted by Gasteiger charge is -2.34. The summed E-state index contributed by atoms with van der Waals surface area (Å²) in [7, 11) is 0. The number of urea groups is 1. The molecule has 2 aromatic carbocycles. The van der Waals surface area contributed by atoms with Crippen LogP contribution in [0.2, 0.25) is 0 Å². The van der Waals surface area contributed by atoms with E-state index in [2.05, 4.69) is 5.32 Å². The van der Waals surface area contributed by atoms with Crippen LogP contribution in [-0.4, -0.2) is 47.9 Å². The number of benzene rings is 2. The van der Waals surface area contributed by atoms with Crippen molar-refractivity contribution < 1.29 is 14.3 Å². The molecule has 2 aromatic rings.